The van der Waals surface area contributed by atoms with Gasteiger partial charge in [-0.2, -0.15) is 0 Å². The Morgan fingerprint density at radius 1 is 1.07 bits per heavy atom. The fraction of sp³-hybridized carbons (Fsp3) is 0.304. The summed E-state index contributed by atoms with van der Waals surface area (Å²) < 4.78 is 5.32. The normalized spacial score (nSPS) is 11.9. The number of fused-ring (bicyclic) bond motifs is 1. The summed E-state index contributed by atoms with van der Waals surface area (Å²) >= 11 is 1.48. The summed E-state index contributed by atoms with van der Waals surface area (Å²) in [7, 11) is 0. The molecule has 0 aliphatic rings. The van der Waals surface area contributed by atoms with Crippen LogP contribution in [0, 0.1) is 13.8 Å². The Hall–Kier alpha value is -2.93. The van der Waals surface area contributed by atoms with Crippen LogP contribution in [0.15, 0.2) is 47.6 Å². The number of hydrogen-bond acceptors (Lipinski definition) is 6. The van der Waals surface area contributed by atoms with Crippen LogP contribution in [-0.4, -0.2) is 34.2 Å². The first kappa shape index (κ1) is 21.8. The zero-order valence-electron chi connectivity index (χ0n) is 17.6. The van der Waals surface area contributed by atoms with Crippen LogP contribution in [0.2, 0.25) is 0 Å². The van der Waals surface area contributed by atoms with Crippen LogP contribution in [0.3, 0.4) is 0 Å². The Morgan fingerprint density at radius 2 is 1.73 bits per heavy atom. The van der Waals surface area contributed by atoms with E-state index in [0.29, 0.717) is 12.1 Å². The number of hydrogen-bond donors (Lipinski definition) is 1. The summed E-state index contributed by atoms with van der Waals surface area (Å²) in [6, 6.07) is 13.6. The van der Waals surface area contributed by atoms with Crippen LogP contribution in [0.5, 0.6) is 0 Å². The Balaban J connectivity index is 1.55. The maximum atomic E-state index is 12.4. The van der Waals surface area contributed by atoms with Gasteiger partial charge in [0, 0.05) is 23.5 Å². The molecule has 1 aromatic heterocycles. The van der Waals surface area contributed by atoms with Crippen molar-refractivity contribution < 1.29 is 14.3 Å². The largest absolute Gasteiger partial charge is 0.453 e. The lowest BCUT2D eigenvalue weighted by Gasteiger charge is -2.14. The lowest BCUT2D eigenvalue weighted by atomic mass is 10.1. The van der Waals surface area contributed by atoms with Crippen molar-refractivity contribution >= 4 is 40.1 Å². The summed E-state index contributed by atoms with van der Waals surface area (Å²) in [4.78, 5) is 33.5. The monoisotopic (exact) mass is 423 g/mol. The number of benzene rings is 2. The smallest absolute Gasteiger partial charge is 0.306 e. The highest BCUT2D eigenvalue weighted by atomic mass is 32.2. The average molecular weight is 424 g/mol. The molecule has 0 unspecified atom stereocenters. The fourth-order valence-corrected chi connectivity index (χ4v) is 3.67. The first-order valence-electron chi connectivity index (χ1n) is 9.74. The molecule has 0 bridgehead atoms. The highest BCUT2D eigenvalue weighted by Crippen LogP contribution is 2.20. The molecule has 156 valence electrons. The Morgan fingerprint density at radius 3 is 2.40 bits per heavy atom. The van der Waals surface area contributed by atoms with Gasteiger partial charge in [-0.15, -0.1) is 0 Å². The Bertz CT molecular complexity index is 1060. The van der Waals surface area contributed by atoms with Gasteiger partial charge in [0.05, 0.1) is 0 Å². The summed E-state index contributed by atoms with van der Waals surface area (Å²) in [5.41, 5.74) is 3.33. The van der Waals surface area contributed by atoms with Crippen molar-refractivity contribution in [3.63, 3.8) is 0 Å². The van der Waals surface area contributed by atoms with E-state index in [2.05, 4.69) is 15.3 Å². The molecule has 30 heavy (non-hydrogen) atoms. The number of esters is 1. The van der Waals surface area contributed by atoms with Gasteiger partial charge in [-0.05, 0) is 61.9 Å². The van der Waals surface area contributed by atoms with Crippen LogP contribution < -0.4 is 5.32 Å². The topological polar surface area (TPSA) is 81.2 Å². The molecule has 0 spiro atoms. The van der Waals surface area contributed by atoms with Crippen LogP contribution in [0.4, 0.5) is 5.69 Å². The second-order valence-electron chi connectivity index (χ2n) is 7.04. The van der Waals surface area contributed by atoms with E-state index >= 15 is 0 Å². The number of anilines is 1. The highest BCUT2D eigenvalue weighted by Gasteiger charge is 2.19. The van der Waals surface area contributed by atoms with Crippen molar-refractivity contribution in [1.29, 1.82) is 0 Å². The molecule has 7 heteroatoms. The Kier molecular flexibility index (Phi) is 7.05. The number of carbonyl (C=O) groups is 2. The number of aromatic nitrogens is 2. The molecule has 1 heterocycles. The minimum atomic E-state index is -0.888. The van der Waals surface area contributed by atoms with E-state index in [0.717, 1.165) is 32.9 Å². The van der Waals surface area contributed by atoms with Crippen molar-refractivity contribution in [3.05, 3.63) is 59.4 Å². The molecule has 2 aromatic carbocycles. The molecule has 3 rings (SSSR count). The van der Waals surface area contributed by atoms with Crippen molar-refractivity contribution in [2.24, 2.45) is 0 Å². The van der Waals surface area contributed by atoms with E-state index in [1.807, 2.05) is 62.6 Å². The van der Waals surface area contributed by atoms with Crippen molar-refractivity contribution in [2.75, 3.05) is 11.6 Å². The van der Waals surface area contributed by atoms with Gasteiger partial charge < -0.3 is 10.1 Å². The van der Waals surface area contributed by atoms with E-state index in [-0.39, 0.29) is 12.3 Å². The van der Waals surface area contributed by atoms with Gasteiger partial charge in [0.15, 0.2) is 11.3 Å². The maximum Gasteiger partial charge on any atom is 0.306 e. The predicted octanol–water partition coefficient (Wildman–Crippen LogP) is 4.47. The van der Waals surface area contributed by atoms with Crippen molar-refractivity contribution in [1.82, 2.24) is 9.97 Å². The number of nitrogens with one attached hydrogen (secondary N) is 1. The first-order chi connectivity index (χ1) is 14.4. The van der Waals surface area contributed by atoms with E-state index < -0.39 is 12.1 Å². The van der Waals surface area contributed by atoms with Gasteiger partial charge in [0.1, 0.15) is 0 Å². The summed E-state index contributed by atoms with van der Waals surface area (Å²) in [6.45, 7) is 5.39. The first-order valence-corrected chi connectivity index (χ1v) is 11.0. The molecule has 6 nitrogen and oxygen atoms in total. The van der Waals surface area contributed by atoms with Gasteiger partial charge >= 0.3 is 5.97 Å². The second-order valence-corrected chi connectivity index (χ2v) is 7.82. The minimum absolute atomic E-state index is 0.164. The minimum Gasteiger partial charge on any atom is -0.453 e. The highest BCUT2D eigenvalue weighted by molar-refractivity contribution is 7.98. The lowest BCUT2D eigenvalue weighted by molar-refractivity contribution is -0.153. The standard InChI is InChI=1S/C23H25N3O3S/c1-14-20(15(2)25-23(24-14)30-4)11-12-21(27)29-16(3)22(28)26-19-10-9-17-7-5-6-8-18(17)13-19/h5-10,13,16H,11-12H2,1-4H3,(H,26,28)/t16-/m1/s1. The lowest BCUT2D eigenvalue weighted by Crippen LogP contribution is -2.30. The molecule has 0 aliphatic carbocycles. The van der Waals surface area contributed by atoms with Gasteiger partial charge in [-0.25, -0.2) is 9.97 Å². The molecule has 3 aromatic rings. The molecule has 1 atom stereocenters. The van der Waals surface area contributed by atoms with Crippen molar-refractivity contribution in [2.45, 2.75) is 44.9 Å². The van der Waals surface area contributed by atoms with Gasteiger partial charge in [0.2, 0.25) is 0 Å². The van der Waals surface area contributed by atoms with Gasteiger partial charge in [-0.1, -0.05) is 42.1 Å². The molecule has 1 amide bonds. The molecule has 0 fully saturated rings. The molecule has 0 radical (unpaired) electrons. The van der Waals surface area contributed by atoms with E-state index in [4.69, 9.17) is 4.74 Å². The fourth-order valence-electron chi connectivity index (χ4n) is 3.21. The van der Waals surface area contributed by atoms with Crippen LogP contribution in [0.25, 0.3) is 10.8 Å². The molecule has 1 N–H and O–H groups in total. The summed E-state index contributed by atoms with van der Waals surface area (Å²) in [6.07, 6.45) is 1.68. The molecule has 0 aliphatic heterocycles. The van der Waals surface area contributed by atoms with Crippen LogP contribution in [-0.2, 0) is 20.7 Å². The maximum absolute atomic E-state index is 12.4. The number of carbonyl (C=O) groups excluding carboxylic acids is 2. The number of thioether (sulfide) groups is 1. The quantitative estimate of drug-likeness (QED) is 0.343. The average Bonchev–Trinajstić information content (AvgIpc) is 2.72. The number of aryl methyl sites for hydroxylation is 2. The number of nitrogens with zero attached hydrogens (tertiary/aromatic N) is 2. The zero-order chi connectivity index (χ0) is 21.7. The SMILES string of the molecule is CSc1nc(C)c(CCC(=O)O[C@H](C)C(=O)Nc2ccc3ccccc3c2)c(C)n1. The zero-order valence-corrected chi connectivity index (χ0v) is 18.4. The van der Waals surface area contributed by atoms with E-state index in [1.165, 1.54) is 11.8 Å². The number of rotatable bonds is 7. The van der Waals surface area contributed by atoms with Gasteiger partial charge in [-0.3, -0.25) is 9.59 Å². The van der Waals surface area contributed by atoms with E-state index in [1.54, 1.807) is 6.92 Å². The molecule has 0 saturated carbocycles. The van der Waals surface area contributed by atoms with Crippen LogP contribution >= 0.6 is 11.8 Å². The summed E-state index contributed by atoms with van der Waals surface area (Å²) in [5.74, 6) is -0.789. The van der Waals surface area contributed by atoms with E-state index in [9.17, 15) is 9.59 Å². The summed E-state index contributed by atoms with van der Waals surface area (Å²) in [5, 5.41) is 5.64. The van der Waals surface area contributed by atoms with Crippen molar-refractivity contribution in [3.8, 4) is 0 Å². The third kappa shape index (κ3) is 5.36. The third-order valence-electron chi connectivity index (χ3n) is 4.86. The Labute approximate surface area is 180 Å². The number of amides is 1. The predicted molar refractivity (Wildman–Crippen MR) is 120 cm³/mol. The molecular formula is C23H25N3O3S. The van der Waals surface area contributed by atoms with Crippen LogP contribution in [0.1, 0.15) is 30.3 Å². The third-order valence-corrected chi connectivity index (χ3v) is 5.40. The molecule has 0 saturated heterocycles. The second kappa shape index (κ2) is 9.71. The number of ether oxygens (including phenoxy) is 1. The van der Waals surface area contributed by atoms with Gasteiger partial charge in [0.25, 0.3) is 5.91 Å². The molecular weight excluding hydrogens is 398 g/mol.